The molecule has 0 spiro atoms. The second-order valence-electron chi connectivity index (χ2n) is 3.49. The summed E-state index contributed by atoms with van der Waals surface area (Å²) in [6.07, 6.45) is 0. The van der Waals surface area contributed by atoms with E-state index in [9.17, 15) is 14.9 Å². The number of nitro groups is 1. The van der Waals surface area contributed by atoms with E-state index in [1.165, 1.54) is 19.1 Å². The van der Waals surface area contributed by atoms with Crippen LogP contribution < -0.4 is 4.74 Å². The number of aliphatic hydroxyl groups is 1. The zero-order valence-corrected chi connectivity index (χ0v) is 9.25. The van der Waals surface area contributed by atoms with Gasteiger partial charge in [-0.25, -0.2) is 0 Å². The molecule has 1 aromatic rings. The number of carbonyl (C=O) groups excluding carboxylic acids is 1. The lowest BCUT2D eigenvalue weighted by Gasteiger charge is -2.10. The molecular formula is C11H12NO5. The zero-order valence-electron chi connectivity index (χ0n) is 9.25. The molecule has 1 unspecified atom stereocenters. The molecule has 1 rings (SSSR count). The quantitative estimate of drug-likeness (QED) is 0.371. The Balaban J connectivity index is 3.18. The van der Waals surface area contributed by atoms with Crippen LogP contribution in [-0.4, -0.2) is 22.6 Å². The van der Waals surface area contributed by atoms with E-state index in [2.05, 4.69) is 6.92 Å². The minimum Gasteiger partial charge on any atom is -0.426 e. The molecule has 91 valence electrons. The Morgan fingerprint density at radius 3 is 2.71 bits per heavy atom. The predicted octanol–water partition coefficient (Wildman–Crippen LogP) is 1.43. The Morgan fingerprint density at radius 1 is 1.59 bits per heavy atom. The Bertz CT molecular complexity index is 443. The normalized spacial score (nSPS) is 11.9. The smallest absolute Gasteiger partial charge is 0.308 e. The standard InChI is InChI=1S/C11H12NO5/c1-7(6-13)9-3-10(12(15)16)5-11(4-9)17-8(2)14/h3-5,7,13H,1,6H2,2H3. The summed E-state index contributed by atoms with van der Waals surface area (Å²) in [4.78, 5) is 20.9. The summed E-state index contributed by atoms with van der Waals surface area (Å²) < 4.78 is 4.79. The lowest BCUT2D eigenvalue weighted by molar-refractivity contribution is -0.385. The third-order valence-electron chi connectivity index (χ3n) is 2.08. The van der Waals surface area contributed by atoms with E-state index < -0.39 is 16.8 Å². The van der Waals surface area contributed by atoms with Crippen molar-refractivity contribution in [3.8, 4) is 5.75 Å². The van der Waals surface area contributed by atoms with Crippen molar-refractivity contribution < 1.29 is 19.6 Å². The molecule has 1 radical (unpaired) electrons. The molecule has 17 heavy (non-hydrogen) atoms. The third-order valence-corrected chi connectivity index (χ3v) is 2.08. The van der Waals surface area contributed by atoms with Crippen LogP contribution in [0.1, 0.15) is 18.4 Å². The molecule has 0 heterocycles. The number of hydrogen-bond acceptors (Lipinski definition) is 5. The van der Waals surface area contributed by atoms with Gasteiger partial charge >= 0.3 is 5.97 Å². The number of hydrogen-bond donors (Lipinski definition) is 1. The highest BCUT2D eigenvalue weighted by molar-refractivity contribution is 5.69. The number of benzene rings is 1. The molecule has 0 aromatic heterocycles. The Hall–Kier alpha value is -1.95. The van der Waals surface area contributed by atoms with E-state index in [0.29, 0.717) is 5.56 Å². The van der Waals surface area contributed by atoms with Crippen molar-refractivity contribution in [1.82, 2.24) is 0 Å². The number of aliphatic hydroxyl groups excluding tert-OH is 1. The van der Waals surface area contributed by atoms with Crippen molar-refractivity contribution in [2.24, 2.45) is 0 Å². The first-order valence-corrected chi connectivity index (χ1v) is 4.85. The number of rotatable bonds is 4. The van der Waals surface area contributed by atoms with Gasteiger partial charge in [0.25, 0.3) is 5.69 Å². The molecule has 6 nitrogen and oxygen atoms in total. The van der Waals surface area contributed by atoms with E-state index >= 15 is 0 Å². The monoisotopic (exact) mass is 238 g/mol. The first kappa shape index (κ1) is 13.1. The Labute approximate surface area is 98.0 Å². The van der Waals surface area contributed by atoms with E-state index in [4.69, 9.17) is 9.84 Å². The summed E-state index contributed by atoms with van der Waals surface area (Å²) >= 11 is 0. The van der Waals surface area contributed by atoms with Gasteiger partial charge in [-0.1, -0.05) is 0 Å². The SMILES string of the molecule is [CH2]C(CO)c1cc(OC(C)=O)cc([N+](=O)[O-])c1. The van der Waals surface area contributed by atoms with Crippen LogP contribution in [0, 0.1) is 17.0 Å². The van der Waals surface area contributed by atoms with Crippen molar-refractivity contribution in [3.63, 3.8) is 0 Å². The van der Waals surface area contributed by atoms with Crippen molar-refractivity contribution in [1.29, 1.82) is 0 Å². The molecular weight excluding hydrogens is 226 g/mol. The summed E-state index contributed by atoms with van der Waals surface area (Å²) in [5, 5.41) is 19.6. The fourth-order valence-electron chi connectivity index (χ4n) is 1.28. The summed E-state index contributed by atoms with van der Waals surface area (Å²) in [7, 11) is 0. The minimum atomic E-state index is -0.597. The second-order valence-corrected chi connectivity index (χ2v) is 3.49. The maximum Gasteiger partial charge on any atom is 0.308 e. The highest BCUT2D eigenvalue weighted by atomic mass is 16.6. The number of carbonyl (C=O) groups is 1. The maximum absolute atomic E-state index is 10.8. The molecule has 0 aliphatic carbocycles. The van der Waals surface area contributed by atoms with E-state index in [-0.39, 0.29) is 18.0 Å². The Kier molecular flexibility index (Phi) is 4.17. The van der Waals surface area contributed by atoms with Gasteiger partial charge in [-0.3, -0.25) is 14.9 Å². The van der Waals surface area contributed by atoms with Crippen LogP contribution in [0.25, 0.3) is 0 Å². The molecule has 0 saturated carbocycles. The van der Waals surface area contributed by atoms with Crippen molar-refractivity contribution >= 4 is 11.7 Å². The molecule has 0 fully saturated rings. The topological polar surface area (TPSA) is 89.7 Å². The number of esters is 1. The molecule has 1 N–H and O–H groups in total. The van der Waals surface area contributed by atoms with E-state index in [1.54, 1.807) is 0 Å². The molecule has 6 heteroatoms. The molecule has 0 bridgehead atoms. The molecule has 1 aromatic carbocycles. The van der Waals surface area contributed by atoms with Gasteiger partial charge in [0.05, 0.1) is 11.0 Å². The van der Waals surface area contributed by atoms with Crippen LogP contribution in [0.2, 0.25) is 0 Å². The maximum atomic E-state index is 10.8. The average Bonchev–Trinajstić information content (AvgIpc) is 2.26. The zero-order chi connectivity index (χ0) is 13.0. The number of nitrogens with zero attached hydrogens (tertiary/aromatic N) is 1. The number of nitro benzene ring substituents is 1. The van der Waals surface area contributed by atoms with Crippen LogP contribution in [0.3, 0.4) is 0 Å². The van der Waals surface area contributed by atoms with E-state index in [1.807, 2.05) is 0 Å². The lowest BCUT2D eigenvalue weighted by Crippen LogP contribution is -2.05. The predicted molar refractivity (Wildman–Crippen MR) is 59.6 cm³/mol. The van der Waals surface area contributed by atoms with Crippen LogP contribution in [0.5, 0.6) is 5.75 Å². The van der Waals surface area contributed by atoms with Crippen molar-refractivity contribution in [2.45, 2.75) is 12.8 Å². The fraction of sp³-hybridized carbons (Fsp3) is 0.273. The molecule has 0 amide bonds. The van der Waals surface area contributed by atoms with Crippen LogP contribution >= 0.6 is 0 Å². The molecule has 0 saturated heterocycles. The number of ether oxygens (including phenoxy) is 1. The van der Waals surface area contributed by atoms with Gasteiger partial charge in [-0.2, -0.15) is 0 Å². The minimum absolute atomic E-state index is 0.0730. The highest BCUT2D eigenvalue weighted by Gasteiger charge is 2.15. The van der Waals surface area contributed by atoms with Crippen molar-refractivity contribution in [2.75, 3.05) is 6.61 Å². The summed E-state index contributed by atoms with van der Waals surface area (Å²) in [6.45, 7) is 4.59. The van der Waals surface area contributed by atoms with Gasteiger partial charge in [0, 0.05) is 25.5 Å². The van der Waals surface area contributed by atoms with Gasteiger partial charge in [-0.05, 0) is 18.6 Å². The first-order chi connectivity index (χ1) is 7.93. The van der Waals surface area contributed by atoms with Gasteiger partial charge < -0.3 is 9.84 Å². The Morgan fingerprint density at radius 2 is 2.24 bits per heavy atom. The fourth-order valence-corrected chi connectivity index (χ4v) is 1.28. The van der Waals surface area contributed by atoms with Gasteiger partial charge in [0.15, 0.2) is 0 Å². The molecule has 1 atom stereocenters. The second kappa shape index (κ2) is 5.40. The van der Waals surface area contributed by atoms with Gasteiger partial charge in [-0.15, -0.1) is 0 Å². The molecule has 0 aliphatic heterocycles. The van der Waals surface area contributed by atoms with Crippen LogP contribution in [0.15, 0.2) is 18.2 Å². The first-order valence-electron chi connectivity index (χ1n) is 4.85. The number of non-ortho nitro benzene ring substituents is 1. The molecule has 0 aliphatic rings. The van der Waals surface area contributed by atoms with Crippen molar-refractivity contribution in [3.05, 3.63) is 40.8 Å². The van der Waals surface area contributed by atoms with Crippen LogP contribution in [0.4, 0.5) is 5.69 Å². The van der Waals surface area contributed by atoms with Gasteiger partial charge in [0.1, 0.15) is 5.75 Å². The summed E-state index contributed by atoms with van der Waals surface area (Å²) in [5.41, 5.74) is 0.235. The average molecular weight is 238 g/mol. The lowest BCUT2D eigenvalue weighted by atomic mass is 10.0. The van der Waals surface area contributed by atoms with Crippen LogP contribution in [-0.2, 0) is 4.79 Å². The van der Waals surface area contributed by atoms with Gasteiger partial charge in [0.2, 0.25) is 0 Å². The largest absolute Gasteiger partial charge is 0.426 e. The highest BCUT2D eigenvalue weighted by Crippen LogP contribution is 2.27. The van der Waals surface area contributed by atoms with E-state index in [0.717, 1.165) is 6.07 Å². The third kappa shape index (κ3) is 3.53. The summed E-state index contributed by atoms with van der Waals surface area (Å²) in [5.74, 6) is -1.01. The summed E-state index contributed by atoms with van der Waals surface area (Å²) in [6, 6.07) is 3.89.